The number of nitrogens with one attached hydrogen (secondary N) is 1. The second-order valence-electron chi connectivity index (χ2n) is 6.51. The Labute approximate surface area is 144 Å². The lowest BCUT2D eigenvalue weighted by Crippen LogP contribution is -2.27. The third-order valence-electron chi connectivity index (χ3n) is 3.80. The van der Waals surface area contributed by atoms with Crippen LogP contribution >= 0.6 is 0 Å². The zero-order chi connectivity index (χ0) is 17.7. The van der Waals surface area contributed by atoms with Gasteiger partial charge in [0.1, 0.15) is 0 Å². The first-order chi connectivity index (χ1) is 11.3. The van der Waals surface area contributed by atoms with E-state index in [1.807, 2.05) is 0 Å². The Morgan fingerprint density at radius 2 is 2.12 bits per heavy atom. The predicted octanol–water partition coefficient (Wildman–Crippen LogP) is 1.80. The van der Waals surface area contributed by atoms with Gasteiger partial charge in [-0.1, -0.05) is 13.8 Å². The lowest BCUT2D eigenvalue weighted by molar-refractivity contribution is 0.0925. The Morgan fingerprint density at radius 1 is 1.38 bits per heavy atom. The normalized spacial score (nSPS) is 14.1. The van der Waals surface area contributed by atoms with Gasteiger partial charge in [-0.3, -0.25) is 9.10 Å². The maximum absolute atomic E-state index is 12.2. The summed E-state index contributed by atoms with van der Waals surface area (Å²) in [5.41, 5.74) is 2.14. The summed E-state index contributed by atoms with van der Waals surface area (Å²) in [5, 5.41) is 2.87. The smallest absolute Gasteiger partial charge is 0.251 e. The number of nitrogens with zero attached hydrogens (tertiary/aromatic N) is 1. The van der Waals surface area contributed by atoms with Crippen molar-refractivity contribution >= 4 is 21.6 Å². The number of ether oxygens (including phenoxy) is 1. The van der Waals surface area contributed by atoms with Crippen molar-refractivity contribution in [2.75, 3.05) is 36.9 Å². The summed E-state index contributed by atoms with van der Waals surface area (Å²) in [4.78, 5) is 12.2. The number of hydrogen-bond acceptors (Lipinski definition) is 4. The van der Waals surface area contributed by atoms with Crippen molar-refractivity contribution in [2.24, 2.45) is 5.92 Å². The van der Waals surface area contributed by atoms with Crippen molar-refractivity contribution in [2.45, 2.75) is 26.7 Å². The highest BCUT2D eigenvalue weighted by molar-refractivity contribution is 7.92. The van der Waals surface area contributed by atoms with E-state index in [4.69, 9.17) is 4.74 Å². The van der Waals surface area contributed by atoms with Gasteiger partial charge in [-0.15, -0.1) is 0 Å². The second kappa shape index (κ2) is 7.98. The maximum Gasteiger partial charge on any atom is 0.251 e. The highest BCUT2D eigenvalue weighted by Crippen LogP contribution is 2.30. The van der Waals surface area contributed by atoms with Crippen molar-refractivity contribution < 1.29 is 17.9 Å². The van der Waals surface area contributed by atoms with E-state index >= 15 is 0 Å². The fraction of sp³-hybridized carbons (Fsp3) is 0.588. The van der Waals surface area contributed by atoms with E-state index in [0.29, 0.717) is 43.3 Å². The number of carbonyl (C=O) groups is 1. The standard InChI is InChI=1S/C17H26N2O4S/c1-13(2)12-23-10-4-8-18-17(20)15-5-6-16-14(11-15)7-9-19(16)24(3,21)22/h5-6,11,13H,4,7-10,12H2,1-3H3,(H,18,20). The molecule has 1 aliphatic rings. The van der Waals surface area contributed by atoms with Crippen LogP contribution in [0.5, 0.6) is 0 Å². The molecule has 1 aromatic carbocycles. The molecule has 0 saturated carbocycles. The van der Waals surface area contributed by atoms with E-state index in [2.05, 4.69) is 19.2 Å². The van der Waals surface area contributed by atoms with Gasteiger partial charge in [0.2, 0.25) is 10.0 Å². The Bertz CT molecular complexity index is 686. The van der Waals surface area contributed by atoms with Crippen LogP contribution < -0.4 is 9.62 Å². The molecule has 1 amide bonds. The lowest BCUT2D eigenvalue weighted by atomic mass is 10.1. The number of benzene rings is 1. The molecule has 0 saturated heterocycles. The summed E-state index contributed by atoms with van der Waals surface area (Å²) in [7, 11) is -3.26. The largest absolute Gasteiger partial charge is 0.381 e. The van der Waals surface area contributed by atoms with Crippen LogP contribution in [0.1, 0.15) is 36.2 Å². The summed E-state index contributed by atoms with van der Waals surface area (Å²) in [5.74, 6) is 0.372. The van der Waals surface area contributed by atoms with Gasteiger partial charge in [0.25, 0.3) is 5.91 Å². The summed E-state index contributed by atoms with van der Waals surface area (Å²) in [6.45, 7) is 6.55. The molecular weight excluding hydrogens is 328 g/mol. The molecule has 1 N–H and O–H groups in total. The molecule has 6 nitrogen and oxygen atoms in total. The summed E-state index contributed by atoms with van der Waals surface area (Å²) in [6.07, 6.45) is 2.60. The molecule has 2 rings (SSSR count). The van der Waals surface area contributed by atoms with Crippen LogP contribution in [0, 0.1) is 5.92 Å². The molecular formula is C17H26N2O4S. The average Bonchev–Trinajstić information content (AvgIpc) is 2.93. The minimum atomic E-state index is -3.26. The highest BCUT2D eigenvalue weighted by atomic mass is 32.2. The lowest BCUT2D eigenvalue weighted by Gasteiger charge is -2.16. The molecule has 0 aromatic heterocycles. The molecule has 0 radical (unpaired) electrons. The Morgan fingerprint density at radius 3 is 2.79 bits per heavy atom. The average molecular weight is 354 g/mol. The first kappa shape index (κ1) is 18.7. The van der Waals surface area contributed by atoms with Crippen LogP contribution in [0.15, 0.2) is 18.2 Å². The monoisotopic (exact) mass is 354 g/mol. The molecule has 0 aliphatic carbocycles. The number of hydrogen-bond donors (Lipinski definition) is 1. The summed E-state index contributed by atoms with van der Waals surface area (Å²) in [6, 6.07) is 5.17. The number of fused-ring (bicyclic) bond motifs is 1. The zero-order valence-electron chi connectivity index (χ0n) is 14.5. The molecule has 0 atom stereocenters. The zero-order valence-corrected chi connectivity index (χ0v) is 15.4. The summed E-state index contributed by atoms with van der Waals surface area (Å²) >= 11 is 0. The minimum Gasteiger partial charge on any atom is -0.381 e. The molecule has 134 valence electrons. The van der Waals surface area contributed by atoms with Gasteiger partial charge in [-0.05, 0) is 42.5 Å². The second-order valence-corrected chi connectivity index (χ2v) is 8.41. The first-order valence-electron chi connectivity index (χ1n) is 8.25. The van der Waals surface area contributed by atoms with E-state index in [1.54, 1.807) is 18.2 Å². The van der Waals surface area contributed by atoms with Gasteiger partial charge in [0, 0.05) is 31.9 Å². The number of sulfonamides is 1. The minimum absolute atomic E-state index is 0.139. The van der Waals surface area contributed by atoms with Crippen molar-refractivity contribution in [1.82, 2.24) is 5.32 Å². The fourth-order valence-electron chi connectivity index (χ4n) is 2.65. The van der Waals surface area contributed by atoms with Crippen LogP contribution in [0.4, 0.5) is 5.69 Å². The van der Waals surface area contributed by atoms with Crippen molar-refractivity contribution in [3.05, 3.63) is 29.3 Å². The predicted molar refractivity (Wildman–Crippen MR) is 94.9 cm³/mol. The van der Waals surface area contributed by atoms with E-state index in [1.165, 1.54) is 10.6 Å². The third-order valence-corrected chi connectivity index (χ3v) is 4.98. The first-order valence-corrected chi connectivity index (χ1v) is 10.1. The number of amides is 1. The van der Waals surface area contributed by atoms with E-state index < -0.39 is 10.0 Å². The summed E-state index contributed by atoms with van der Waals surface area (Å²) < 4.78 is 30.3. The van der Waals surface area contributed by atoms with Gasteiger partial charge in [0.05, 0.1) is 11.9 Å². The van der Waals surface area contributed by atoms with Gasteiger partial charge < -0.3 is 10.1 Å². The number of anilines is 1. The molecule has 7 heteroatoms. The maximum atomic E-state index is 12.2. The van der Waals surface area contributed by atoms with Crippen LogP contribution in [-0.2, 0) is 21.2 Å². The molecule has 0 bridgehead atoms. The number of rotatable bonds is 8. The third kappa shape index (κ3) is 4.95. The molecule has 24 heavy (non-hydrogen) atoms. The van der Waals surface area contributed by atoms with Gasteiger partial charge in [-0.2, -0.15) is 0 Å². The van der Waals surface area contributed by atoms with Crippen LogP contribution in [0.3, 0.4) is 0 Å². The van der Waals surface area contributed by atoms with Crippen molar-refractivity contribution in [1.29, 1.82) is 0 Å². The molecule has 0 unspecified atom stereocenters. The SMILES string of the molecule is CC(C)COCCCNC(=O)c1ccc2c(c1)CCN2S(C)(=O)=O. The van der Waals surface area contributed by atoms with Crippen molar-refractivity contribution in [3.8, 4) is 0 Å². The fourth-order valence-corrected chi connectivity index (χ4v) is 3.61. The van der Waals surface area contributed by atoms with E-state index in [0.717, 1.165) is 18.6 Å². The van der Waals surface area contributed by atoms with Crippen molar-refractivity contribution in [3.63, 3.8) is 0 Å². The van der Waals surface area contributed by atoms with Gasteiger partial charge >= 0.3 is 0 Å². The Hall–Kier alpha value is -1.60. The Balaban J connectivity index is 1.86. The molecule has 1 aliphatic heterocycles. The van der Waals surface area contributed by atoms with Crippen LogP contribution in [0.25, 0.3) is 0 Å². The molecule has 1 heterocycles. The molecule has 0 spiro atoms. The molecule has 0 fully saturated rings. The Kier molecular flexibility index (Phi) is 6.23. The van der Waals surface area contributed by atoms with Gasteiger partial charge in [-0.25, -0.2) is 8.42 Å². The number of carbonyl (C=O) groups excluding carboxylic acids is 1. The highest BCUT2D eigenvalue weighted by Gasteiger charge is 2.26. The topological polar surface area (TPSA) is 75.7 Å². The van der Waals surface area contributed by atoms with Crippen LogP contribution in [-0.4, -0.2) is 46.9 Å². The van der Waals surface area contributed by atoms with E-state index in [9.17, 15) is 13.2 Å². The van der Waals surface area contributed by atoms with Crippen LogP contribution in [0.2, 0.25) is 0 Å². The van der Waals surface area contributed by atoms with Gasteiger partial charge in [0.15, 0.2) is 0 Å². The molecule has 1 aromatic rings. The van der Waals surface area contributed by atoms with E-state index in [-0.39, 0.29) is 5.91 Å². The quantitative estimate of drug-likeness (QED) is 0.722.